The zero-order chi connectivity index (χ0) is 12.4. The lowest BCUT2D eigenvalue weighted by atomic mass is 10.0. The molecule has 17 heavy (non-hydrogen) atoms. The second kappa shape index (κ2) is 4.99. The van der Waals surface area contributed by atoms with Gasteiger partial charge < -0.3 is 9.47 Å². The van der Waals surface area contributed by atoms with Crippen LogP contribution in [0.5, 0.6) is 11.5 Å². The van der Waals surface area contributed by atoms with E-state index in [1.54, 1.807) is 0 Å². The summed E-state index contributed by atoms with van der Waals surface area (Å²) in [6.45, 7) is 8.46. The van der Waals surface area contributed by atoms with Crippen LogP contribution in [0.4, 0.5) is 0 Å². The second-order valence-corrected chi connectivity index (χ2v) is 5.34. The second-order valence-electron chi connectivity index (χ2n) is 5.34. The summed E-state index contributed by atoms with van der Waals surface area (Å²) < 4.78 is 11.7. The molecule has 0 unspecified atom stereocenters. The van der Waals surface area contributed by atoms with Crippen molar-refractivity contribution in [3.05, 3.63) is 23.8 Å². The van der Waals surface area contributed by atoms with Crippen molar-refractivity contribution in [1.29, 1.82) is 0 Å². The summed E-state index contributed by atoms with van der Waals surface area (Å²) in [5.41, 5.74) is 1.27. The highest BCUT2D eigenvalue weighted by Crippen LogP contribution is 2.35. The van der Waals surface area contributed by atoms with Gasteiger partial charge in [-0.1, -0.05) is 19.9 Å². The Morgan fingerprint density at radius 3 is 2.35 bits per heavy atom. The van der Waals surface area contributed by atoms with Crippen molar-refractivity contribution in [2.45, 2.75) is 58.7 Å². The average Bonchev–Trinajstić information content (AvgIpc) is 3.00. The number of rotatable bonds is 5. The third-order valence-corrected chi connectivity index (χ3v) is 2.80. The van der Waals surface area contributed by atoms with Crippen LogP contribution in [-0.4, -0.2) is 12.2 Å². The molecule has 1 aromatic rings. The van der Waals surface area contributed by atoms with Gasteiger partial charge in [-0.15, -0.1) is 0 Å². The van der Waals surface area contributed by atoms with E-state index in [0.717, 1.165) is 11.5 Å². The molecule has 94 valence electrons. The van der Waals surface area contributed by atoms with Crippen molar-refractivity contribution in [1.82, 2.24) is 0 Å². The Kier molecular flexibility index (Phi) is 3.60. The molecule has 0 amide bonds. The molecule has 0 bridgehead atoms. The Labute approximate surface area is 104 Å². The topological polar surface area (TPSA) is 18.5 Å². The lowest BCUT2D eigenvalue weighted by Gasteiger charge is -2.16. The van der Waals surface area contributed by atoms with Crippen LogP contribution in [0.1, 0.15) is 52.0 Å². The van der Waals surface area contributed by atoms with Crippen molar-refractivity contribution in [3.8, 4) is 11.5 Å². The van der Waals surface area contributed by atoms with E-state index in [1.165, 1.54) is 18.4 Å². The first kappa shape index (κ1) is 12.3. The molecule has 2 rings (SSSR count). The summed E-state index contributed by atoms with van der Waals surface area (Å²) in [6, 6.07) is 6.20. The van der Waals surface area contributed by atoms with Gasteiger partial charge in [0.1, 0.15) is 11.5 Å². The molecule has 1 fully saturated rings. The summed E-state index contributed by atoms with van der Waals surface area (Å²) in [6.07, 6.45) is 3.01. The van der Waals surface area contributed by atoms with Crippen molar-refractivity contribution < 1.29 is 9.47 Å². The molecule has 0 aliphatic heterocycles. The Hall–Kier alpha value is -1.18. The van der Waals surface area contributed by atoms with Crippen LogP contribution in [0.2, 0.25) is 0 Å². The molecule has 0 radical (unpaired) electrons. The van der Waals surface area contributed by atoms with E-state index in [-0.39, 0.29) is 6.10 Å². The van der Waals surface area contributed by atoms with Crippen LogP contribution in [0, 0.1) is 0 Å². The summed E-state index contributed by atoms with van der Waals surface area (Å²) in [5, 5.41) is 0. The zero-order valence-electron chi connectivity index (χ0n) is 11.2. The molecule has 0 saturated heterocycles. The van der Waals surface area contributed by atoms with Gasteiger partial charge in [0.05, 0.1) is 12.2 Å². The molecule has 0 atom stereocenters. The van der Waals surface area contributed by atoms with Crippen LogP contribution in [-0.2, 0) is 0 Å². The predicted octanol–water partition coefficient (Wildman–Crippen LogP) is 4.14. The molecule has 1 aliphatic rings. The van der Waals surface area contributed by atoms with Crippen molar-refractivity contribution in [2.24, 2.45) is 0 Å². The fourth-order valence-electron chi connectivity index (χ4n) is 1.80. The van der Waals surface area contributed by atoms with Gasteiger partial charge in [0, 0.05) is 6.07 Å². The van der Waals surface area contributed by atoms with E-state index in [0.29, 0.717) is 12.0 Å². The normalized spacial score (nSPS) is 15.4. The lowest BCUT2D eigenvalue weighted by molar-refractivity contribution is 0.239. The highest BCUT2D eigenvalue weighted by atomic mass is 16.5. The standard InChI is InChI=1S/C15H22O2/c1-10(2)14-8-7-13(16-11(3)4)9-15(14)17-12-5-6-12/h7-12H,5-6H2,1-4H3. The maximum absolute atomic E-state index is 5.96. The van der Waals surface area contributed by atoms with Gasteiger partial charge in [-0.3, -0.25) is 0 Å². The van der Waals surface area contributed by atoms with Gasteiger partial charge >= 0.3 is 0 Å². The zero-order valence-corrected chi connectivity index (χ0v) is 11.2. The van der Waals surface area contributed by atoms with Crippen molar-refractivity contribution >= 4 is 0 Å². The first-order valence-corrected chi connectivity index (χ1v) is 6.53. The van der Waals surface area contributed by atoms with Crippen LogP contribution >= 0.6 is 0 Å². The van der Waals surface area contributed by atoms with Crippen LogP contribution in [0.3, 0.4) is 0 Å². The molecule has 0 aromatic heterocycles. The first-order valence-electron chi connectivity index (χ1n) is 6.53. The van der Waals surface area contributed by atoms with Gasteiger partial charge in [-0.2, -0.15) is 0 Å². The minimum absolute atomic E-state index is 0.202. The summed E-state index contributed by atoms with van der Waals surface area (Å²) in [7, 11) is 0. The fraction of sp³-hybridized carbons (Fsp3) is 0.600. The first-order chi connectivity index (χ1) is 8.06. The highest BCUT2D eigenvalue weighted by Gasteiger charge is 2.25. The fourth-order valence-corrected chi connectivity index (χ4v) is 1.80. The molecular weight excluding hydrogens is 212 g/mol. The quantitative estimate of drug-likeness (QED) is 0.762. The molecule has 2 nitrogen and oxygen atoms in total. The van der Waals surface area contributed by atoms with E-state index in [2.05, 4.69) is 19.9 Å². The van der Waals surface area contributed by atoms with Gasteiger partial charge in [0.25, 0.3) is 0 Å². The molecule has 1 aliphatic carbocycles. The van der Waals surface area contributed by atoms with E-state index in [4.69, 9.17) is 9.47 Å². The van der Waals surface area contributed by atoms with Gasteiger partial charge in [-0.25, -0.2) is 0 Å². The Morgan fingerprint density at radius 2 is 1.82 bits per heavy atom. The Balaban J connectivity index is 2.21. The van der Waals surface area contributed by atoms with E-state index in [9.17, 15) is 0 Å². The predicted molar refractivity (Wildman–Crippen MR) is 69.9 cm³/mol. The van der Waals surface area contributed by atoms with Crippen LogP contribution in [0.15, 0.2) is 18.2 Å². The molecule has 0 heterocycles. The highest BCUT2D eigenvalue weighted by molar-refractivity contribution is 5.42. The maximum atomic E-state index is 5.96. The minimum atomic E-state index is 0.202. The average molecular weight is 234 g/mol. The summed E-state index contributed by atoms with van der Waals surface area (Å²) in [5.74, 6) is 2.39. The molecule has 0 spiro atoms. The molecule has 1 saturated carbocycles. The number of hydrogen-bond donors (Lipinski definition) is 0. The van der Waals surface area contributed by atoms with Gasteiger partial charge in [-0.05, 0) is 44.2 Å². The Morgan fingerprint density at radius 1 is 1.12 bits per heavy atom. The monoisotopic (exact) mass is 234 g/mol. The van der Waals surface area contributed by atoms with Crippen LogP contribution in [0.25, 0.3) is 0 Å². The van der Waals surface area contributed by atoms with E-state index in [1.807, 2.05) is 26.0 Å². The number of benzene rings is 1. The molecule has 0 N–H and O–H groups in total. The number of hydrogen-bond acceptors (Lipinski definition) is 2. The Bertz CT molecular complexity index is 379. The summed E-state index contributed by atoms with van der Waals surface area (Å²) in [4.78, 5) is 0. The summed E-state index contributed by atoms with van der Waals surface area (Å²) >= 11 is 0. The van der Waals surface area contributed by atoms with Gasteiger partial charge in [0.15, 0.2) is 0 Å². The lowest BCUT2D eigenvalue weighted by Crippen LogP contribution is -2.07. The van der Waals surface area contributed by atoms with E-state index >= 15 is 0 Å². The molecule has 2 heteroatoms. The van der Waals surface area contributed by atoms with E-state index < -0.39 is 0 Å². The molecule has 1 aromatic carbocycles. The van der Waals surface area contributed by atoms with Gasteiger partial charge in [0.2, 0.25) is 0 Å². The maximum Gasteiger partial charge on any atom is 0.126 e. The largest absolute Gasteiger partial charge is 0.491 e. The van der Waals surface area contributed by atoms with Crippen LogP contribution < -0.4 is 9.47 Å². The third-order valence-electron chi connectivity index (χ3n) is 2.80. The smallest absolute Gasteiger partial charge is 0.126 e. The van der Waals surface area contributed by atoms with Crippen molar-refractivity contribution in [3.63, 3.8) is 0 Å². The minimum Gasteiger partial charge on any atom is -0.491 e. The number of ether oxygens (including phenoxy) is 2. The molecular formula is C15H22O2. The van der Waals surface area contributed by atoms with Crippen molar-refractivity contribution in [2.75, 3.05) is 0 Å². The SMILES string of the molecule is CC(C)Oc1ccc(C(C)C)c(OC2CC2)c1. The third kappa shape index (κ3) is 3.39.